The van der Waals surface area contributed by atoms with Gasteiger partial charge in [-0.3, -0.25) is 0 Å². The Kier molecular flexibility index (Phi) is 3.36. The maximum Gasteiger partial charge on any atom is 0.224 e. The van der Waals surface area contributed by atoms with E-state index in [-0.39, 0.29) is 0 Å². The summed E-state index contributed by atoms with van der Waals surface area (Å²) >= 11 is 0. The Bertz CT molecular complexity index is 1870. The number of para-hydroxylation sites is 1. The first kappa shape index (κ1) is 18.0. The van der Waals surface area contributed by atoms with Crippen molar-refractivity contribution < 1.29 is 4.57 Å². The summed E-state index contributed by atoms with van der Waals surface area (Å²) in [6.45, 7) is 6.84. The van der Waals surface area contributed by atoms with Crippen LogP contribution in [0.1, 0.15) is 30.9 Å². The summed E-state index contributed by atoms with van der Waals surface area (Å²) in [5, 5.41) is 9.39. The molecular weight excluding hydrogens is 388 g/mol. The molecule has 32 heavy (non-hydrogen) atoms. The maximum absolute atomic E-state index is 2.55. The lowest BCUT2D eigenvalue weighted by atomic mass is 9.91. The summed E-state index contributed by atoms with van der Waals surface area (Å²) in [6, 6.07) is 25.0. The molecule has 0 amide bonds. The normalized spacial score (nSPS) is 12.7. The molecule has 4 aromatic carbocycles. The molecule has 154 valence electrons. The summed E-state index contributed by atoms with van der Waals surface area (Å²) in [6.07, 6.45) is 2.22. The van der Waals surface area contributed by atoms with Crippen molar-refractivity contribution in [2.75, 3.05) is 0 Å². The molecule has 0 saturated heterocycles. The zero-order valence-electron chi connectivity index (χ0n) is 18.9. The van der Waals surface area contributed by atoms with E-state index < -0.39 is 0 Å². The Labute approximate surface area is 186 Å². The van der Waals surface area contributed by atoms with Gasteiger partial charge in [0.15, 0.2) is 6.20 Å². The van der Waals surface area contributed by atoms with E-state index in [2.05, 4.69) is 110 Å². The fourth-order valence-corrected chi connectivity index (χ4v) is 6.00. The topological polar surface area (TPSA) is 8.29 Å². The number of aromatic nitrogens is 2. The highest BCUT2D eigenvalue weighted by atomic mass is 15.0. The molecule has 2 heteroatoms. The Balaban J connectivity index is 1.98. The molecule has 3 heterocycles. The highest BCUT2D eigenvalue weighted by Gasteiger charge is 2.25. The van der Waals surface area contributed by atoms with Gasteiger partial charge < -0.3 is 4.40 Å². The number of rotatable bonds is 1. The van der Waals surface area contributed by atoms with Crippen molar-refractivity contribution in [1.82, 2.24) is 4.40 Å². The van der Waals surface area contributed by atoms with Gasteiger partial charge in [-0.15, -0.1) is 0 Å². The Morgan fingerprint density at radius 2 is 1.50 bits per heavy atom. The maximum atomic E-state index is 2.55. The minimum atomic E-state index is 0.474. The van der Waals surface area contributed by atoms with Gasteiger partial charge in [0.1, 0.15) is 7.05 Å². The van der Waals surface area contributed by atoms with Crippen LogP contribution >= 0.6 is 0 Å². The van der Waals surface area contributed by atoms with Gasteiger partial charge in [0.25, 0.3) is 0 Å². The molecule has 0 unspecified atom stereocenters. The second-order valence-corrected chi connectivity index (χ2v) is 9.57. The van der Waals surface area contributed by atoms with Crippen LogP contribution in [-0.2, 0) is 7.05 Å². The van der Waals surface area contributed by atoms with Gasteiger partial charge in [-0.1, -0.05) is 62.4 Å². The molecular formula is C30H25N2+. The molecule has 0 saturated carbocycles. The van der Waals surface area contributed by atoms with Crippen molar-refractivity contribution in [3.63, 3.8) is 0 Å². The number of pyridine rings is 2. The largest absolute Gasteiger partial charge is 0.307 e. The zero-order chi connectivity index (χ0) is 21.7. The van der Waals surface area contributed by atoms with Crippen LogP contribution in [0.5, 0.6) is 0 Å². The molecule has 0 atom stereocenters. The van der Waals surface area contributed by atoms with Crippen molar-refractivity contribution in [3.8, 4) is 0 Å². The highest BCUT2D eigenvalue weighted by Crippen LogP contribution is 2.43. The third-order valence-electron chi connectivity index (χ3n) is 7.41. The minimum absolute atomic E-state index is 0.474. The van der Waals surface area contributed by atoms with Crippen molar-refractivity contribution in [2.45, 2.75) is 26.7 Å². The number of benzene rings is 4. The first-order chi connectivity index (χ1) is 15.6. The molecule has 0 aliphatic heterocycles. The fraction of sp³-hybridized carbons (Fsp3) is 0.167. The number of hydrogen-bond acceptors (Lipinski definition) is 0. The van der Waals surface area contributed by atoms with E-state index in [1.165, 1.54) is 70.9 Å². The number of fused-ring (bicyclic) bond motifs is 7. The molecule has 0 N–H and O–H groups in total. The molecule has 0 radical (unpaired) electrons. The van der Waals surface area contributed by atoms with Gasteiger partial charge in [0.2, 0.25) is 5.52 Å². The van der Waals surface area contributed by atoms with E-state index in [0.29, 0.717) is 5.92 Å². The molecule has 0 aliphatic rings. The lowest BCUT2D eigenvalue weighted by Gasteiger charge is -2.17. The second kappa shape index (κ2) is 5.98. The predicted molar refractivity (Wildman–Crippen MR) is 136 cm³/mol. The van der Waals surface area contributed by atoms with Crippen molar-refractivity contribution in [1.29, 1.82) is 0 Å². The molecule has 0 aliphatic carbocycles. The second-order valence-electron chi connectivity index (χ2n) is 9.57. The van der Waals surface area contributed by atoms with Gasteiger partial charge in [-0.25, -0.2) is 4.57 Å². The van der Waals surface area contributed by atoms with Crippen LogP contribution in [0, 0.1) is 6.92 Å². The van der Waals surface area contributed by atoms with Crippen LogP contribution in [0.25, 0.3) is 59.8 Å². The van der Waals surface area contributed by atoms with Crippen LogP contribution < -0.4 is 4.57 Å². The van der Waals surface area contributed by atoms with Gasteiger partial charge in [0, 0.05) is 22.2 Å². The lowest BCUT2D eigenvalue weighted by Crippen LogP contribution is -2.29. The molecule has 0 fully saturated rings. The predicted octanol–water partition coefficient (Wildman–Crippen LogP) is 7.40. The standard InChI is InChI=1S/C30H25N2/c1-17(2)20-9-7-10-22-24(20)16-19-14-15-31(4)30-26-18(3)12-13-23-21-8-5-6-11-25(21)32(28(23)26)29(22)27(19)30/h5-17H,1-4H3/q+1. The molecule has 7 aromatic rings. The number of aryl methyl sites for hydroxylation is 2. The van der Waals surface area contributed by atoms with Crippen LogP contribution in [0.2, 0.25) is 0 Å². The summed E-state index contributed by atoms with van der Waals surface area (Å²) in [5.41, 5.74) is 8.02. The summed E-state index contributed by atoms with van der Waals surface area (Å²) in [5.74, 6) is 0.474. The first-order valence-corrected chi connectivity index (χ1v) is 11.5. The summed E-state index contributed by atoms with van der Waals surface area (Å²) in [7, 11) is 2.18. The number of nitrogens with zero attached hydrogens (tertiary/aromatic N) is 2. The Hall–Kier alpha value is -3.65. The van der Waals surface area contributed by atoms with Crippen LogP contribution in [0.4, 0.5) is 0 Å². The first-order valence-electron chi connectivity index (χ1n) is 11.5. The van der Waals surface area contributed by atoms with Crippen LogP contribution in [-0.4, -0.2) is 4.40 Å². The van der Waals surface area contributed by atoms with E-state index in [0.717, 1.165) is 0 Å². The Morgan fingerprint density at radius 3 is 2.34 bits per heavy atom. The average molecular weight is 414 g/mol. The van der Waals surface area contributed by atoms with Gasteiger partial charge in [-0.05, 0) is 46.9 Å². The zero-order valence-corrected chi connectivity index (χ0v) is 18.9. The lowest BCUT2D eigenvalue weighted by molar-refractivity contribution is -0.643. The molecule has 2 nitrogen and oxygen atoms in total. The van der Waals surface area contributed by atoms with Gasteiger partial charge in [0.05, 0.1) is 27.3 Å². The van der Waals surface area contributed by atoms with E-state index in [1.54, 1.807) is 0 Å². The Morgan fingerprint density at radius 1 is 0.750 bits per heavy atom. The number of hydrogen-bond donors (Lipinski definition) is 0. The molecule has 7 rings (SSSR count). The van der Waals surface area contributed by atoms with Gasteiger partial charge >= 0.3 is 0 Å². The van der Waals surface area contributed by atoms with Crippen molar-refractivity contribution >= 4 is 59.8 Å². The quantitative estimate of drug-likeness (QED) is 0.151. The minimum Gasteiger partial charge on any atom is -0.307 e. The smallest absolute Gasteiger partial charge is 0.224 e. The molecule has 0 spiro atoms. The van der Waals surface area contributed by atoms with E-state index in [9.17, 15) is 0 Å². The van der Waals surface area contributed by atoms with Crippen LogP contribution in [0.3, 0.4) is 0 Å². The summed E-state index contributed by atoms with van der Waals surface area (Å²) in [4.78, 5) is 0. The third-order valence-corrected chi connectivity index (χ3v) is 7.41. The van der Waals surface area contributed by atoms with E-state index in [4.69, 9.17) is 0 Å². The van der Waals surface area contributed by atoms with Crippen molar-refractivity contribution in [3.05, 3.63) is 84.1 Å². The molecule has 0 bridgehead atoms. The van der Waals surface area contributed by atoms with E-state index >= 15 is 0 Å². The van der Waals surface area contributed by atoms with Crippen LogP contribution in [0.15, 0.2) is 72.9 Å². The summed E-state index contributed by atoms with van der Waals surface area (Å²) < 4.78 is 4.86. The SMILES string of the molecule is Cc1ccc2c3ccccc3n3c2c1c1c2c(cc[n+]1C)cc1c(C(C)C)cccc1c23. The fourth-order valence-electron chi connectivity index (χ4n) is 6.00. The monoisotopic (exact) mass is 413 g/mol. The van der Waals surface area contributed by atoms with Crippen molar-refractivity contribution in [2.24, 2.45) is 7.05 Å². The molecule has 3 aromatic heterocycles. The van der Waals surface area contributed by atoms with E-state index in [1.807, 2.05) is 0 Å². The average Bonchev–Trinajstić information content (AvgIpc) is 3.13. The highest BCUT2D eigenvalue weighted by molar-refractivity contribution is 6.30. The third kappa shape index (κ3) is 2.03. The van der Waals surface area contributed by atoms with Gasteiger partial charge in [-0.2, -0.15) is 0 Å².